The summed E-state index contributed by atoms with van der Waals surface area (Å²) in [6.45, 7) is 2.00. The van der Waals surface area contributed by atoms with Crippen LogP contribution in [0.2, 0.25) is 0 Å². The zero-order valence-electron chi connectivity index (χ0n) is 11.0. The van der Waals surface area contributed by atoms with Crippen molar-refractivity contribution in [3.05, 3.63) is 53.6 Å². The van der Waals surface area contributed by atoms with Gasteiger partial charge < -0.3 is 16.4 Å². The van der Waals surface area contributed by atoms with Crippen LogP contribution >= 0.6 is 0 Å². The topological polar surface area (TPSA) is 55.3 Å². The molecule has 0 bridgehead atoms. The predicted molar refractivity (Wildman–Crippen MR) is 81.1 cm³/mol. The highest BCUT2D eigenvalue weighted by Crippen LogP contribution is 2.27. The van der Waals surface area contributed by atoms with Crippen LogP contribution in [0.25, 0.3) is 0 Å². The van der Waals surface area contributed by atoms with Gasteiger partial charge in [-0.15, -0.1) is 0 Å². The molecule has 2 aromatic rings. The standard InChI is InChI=1S/C16H19N3/c17-15-8-7-14(10-16(15)18)19-9-3-6-12-4-1-2-5-13(12)11-19/h1-2,4-5,7-8,10H,3,6,9,11,17-18H2. The average molecular weight is 253 g/mol. The van der Waals surface area contributed by atoms with Gasteiger partial charge in [-0.05, 0) is 42.2 Å². The Hall–Kier alpha value is -2.16. The highest BCUT2D eigenvalue weighted by Gasteiger charge is 2.14. The Morgan fingerprint density at radius 2 is 1.68 bits per heavy atom. The summed E-state index contributed by atoms with van der Waals surface area (Å²) in [4.78, 5) is 2.38. The van der Waals surface area contributed by atoms with Crippen molar-refractivity contribution in [3.8, 4) is 0 Å². The molecular weight excluding hydrogens is 234 g/mol. The monoisotopic (exact) mass is 253 g/mol. The summed E-state index contributed by atoms with van der Waals surface area (Å²) in [5, 5.41) is 0. The van der Waals surface area contributed by atoms with E-state index in [0.717, 1.165) is 25.2 Å². The Morgan fingerprint density at radius 3 is 2.47 bits per heavy atom. The van der Waals surface area contributed by atoms with Crippen LogP contribution in [0.1, 0.15) is 17.5 Å². The number of hydrogen-bond acceptors (Lipinski definition) is 3. The van der Waals surface area contributed by atoms with E-state index in [0.29, 0.717) is 11.4 Å². The minimum absolute atomic E-state index is 0.652. The zero-order valence-corrected chi connectivity index (χ0v) is 11.0. The third kappa shape index (κ3) is 2.36. The van der Waals surface area contributed by atoms with E-state index in [1.807, 2.05) is 12.1 Å². The van der Waals surface area contributed by atoms with Crippen LogP contribution in [0.4, 0.5) is 17.1 Å². The number of nitrogen functional groups attached to an aromatic ring is 2. The first-order chi connectivity index (χ1) is 9.24. The average Bonchev–Trinajstić information content (AvgIpc) is 2.64. The fourth-order valence-corrected chi connectivity index (χ4v) is 2.68. The molecule has 1 aliphatic heterocycles. The first-order valence-corrected chi connectivity index (χ1v) is 6.71. The molecule has 3 heteroatoms. The lowest BCUT2D eigenvalue weighted by Gasteiger charge is -2.23. The first-order valence-electron chi connectivity index (χ1n) is 6.71. The van der Waals surface area contributed by atoms with Crippen LogP contribution in [-0.4, -0.2) is 6.54 Å². The number of aryl methyl sites for hydroxylation is 1. The lowest BCUT2D eigenvalue weighted by molar-refractivity contribution is 0.766. The summed E-state index contributed by atoms with van der Waals surface area (Å²) >= 11 is 0. The Kier molecular flexibility index (Phi) is 3.03. The maximum atomic E-state index is 5.91. The molecule has 4 N–H and O–H groups in total. The second-order valence-electron chi connectivity index (χ2n) is 5.11. The molecule has 1 heterocycles. The quantitative estimate of drug-likeness (QED) is 0.768. The van der Waals surface area contributed by atoms with Crippen molar-refractivity contribution in [2.24, 2.45) is 0 Å². The third-order valence-corrected chi connectivity index (χ3v) is 3.79. The molecule has 0 aromatic heterocycles. The van der Waals surface area contributed by atoms with Gasteiger partial charge in [0.1, 0.15) is 0 Å². The molecule has 19 heavy (non-hydrogen) atoms. The van der Waals surface area contributed by atoms with Gasteiger partial charge in [0, 0.05) is 18.8 Å². The number of fused-ring (bicyclic) bond motifs is 1. The lowest BCUT2D eigenvalue weighted by Crippen LogP contribution is -2.22. The molecule has 0 atom stereocenters. The van der Waals surface area contributed by atoms with E-state index in [-0.39, 0.29) is 0 Å². The molecule has 2 aromatic carbocycles. The minimum Gasteiger partial charge on any atom is -0.397 e. The number of benzene rings is 2. The highest BCUT2D eigenvalue weighted by atomic mass is 15.1. The summed E-state index contributed by atoms with van der Waals surface area (Å²) in [5.41, 5.74) is 17.0. The summed E-state index contributed by atoms with van der Waals surface area (Å²) in [7, 11) is 0. The SMILES string of the molecule is Nc1ccc(N2CCCc3ccccc3C2)cc1N. The Labute approximate surface area is 113 Å². The molecule has 0 fully saturated rings. The van der Waals surface area contributed by atoms with E-state index in [1.54, 1.807) is 0 Å². The van der Waals surface area contributed by atoms with Crippen LogP contribution in [0.5, 0.6) is 0 Å². The maximum absolute atomic E-state index is 5.91. The van der Waals surface area contributed by atoms with Gasteiger partial charge in [0.2, 0.25) is 0 Å². The largest absolute Gasteiger partial charge is 0.397 e. The van der Waals surface area contributed by atoms with Crippen LogP contribution in [0.3, 0.4) is 0 Å². The molecule has 0 aliphatic carbocycles. The van der Waals surface area contributed by atoms with Gasteiger partial charge in [-0.2, -0.15) is 0 Å². The number of rotatable bonds is 1. The fourth-order valence-electron chi connectivity index (χ4n) is 2.68. The Balaban J connectivity index is 1.92. The molecule has 1 aliphatic rings. The molecule has 0 amide bonds. The molecule has 98 valence electrons. The molecule has 0 saturated heterocycles. The molecule has 3 nitrogen and oxygen atoms in total. The van der Waals surface area contributed by atoms with Crippen LogP contribution < -0.4 is 16.4 Å². The summed E-state index contributed by atoms with van der Waals surface area (Å²) in [6, 6.07) is 14.6. The summed E-state index contributed by atoms with van der Waals surface area (Å²) < 4.78 is 0. The lowest BCUT2D eigenvalue weighted by atomic mass is 10.0. The van der Waals surface area contributed by atoms with Crippen molar-refractivity contribution in [1.29, 1.82) is 0 Å². The maximum Gasteiger partial charge on any atom is 0.0568 e. The van der Waals surface area contributed by atoms with Gasteiger partial charge in [0.05, 0.1) is 11.4 Å². The smallest absolute Gasteiger partial charge is 0.0568 e. The van der Waals surface area contributed by atoms with Crippen molar-refractivity contribution < 1.29 is 0 Å². The van der Waals surface area contributed by atoms with Crippen LogP contribution in [0, 0.1) is 0 Å². The van der Waals surface area contributed by atoms with Gasteiger partial charge >= 0.3 is 0 Å². The van der Waals surface area contributed by atoms with Gasteiger partial charge in [0.15, 0.2) is 0 Å². The van der Waals surface area contributed by atoms with Crippen LogP contribution in [-0.2, 0) is 13.0 Å². The number of anilines is 3. The van der Waals surface area contributed by atoms with Gasteiger partial charge in [-0.3, -0.25) is 0 Å². The van der Waals surface area contributed by atoms with E-state index in [4.69, 9.17) is 11.5 Å². The van der Waals surface area contributed by atoms with E-state index >= 15 is 0 Å². The Bertz CT molecular complexity index is 592. The summed E-state index contributed by atoms with van der Waals surface area (Å²) in [6.07, 6.45) is 2.32. The number of nitrogens with zero attached hydrogens (tertiary/aromatic N) is 1. The first kappa shape index (κ1) is 11.9. The normalized spacial score (nSPS) is 14.8. The molecule has 3 rings (SSSR count). The molecule has 0 saturated carbocycles. The molecule has 0 radical (unpaired) electrons. The predicted octanol–water partition coefficient (Wildman–Crippen LogP) is 2.80. The highest BCUT2D eigenvalue weighted by molar-refractivity contribution is 5.70. The van der Waals surface area contributed by atoms with Crippen molar-refractivity contribution in [1.82, 2.24) is 0 Å². The third-order valence-electron chi connectivity index (χ3n) is 3.79. The van der Waals surface area contributed by atoms with Crippen molar-refractivity contribution >= 4 is 17.1 Å². The zero-order chi connectivity index (χ0) is 13.2. The fraction of sp³-hybridized carbons (Fsp3) is 0.250. The van der Waals surface area contributed by atoms with E-state index < -0.39 is 0 Å². The van der Waals surface area contributed by atoms with Gasteiger partial charge in [-0.1, -0.05) is 24.3 Å². The number of nitrogens with two attached hydrogens (primary N) is 2. The second kappa shape index (κ2) is 4.84. The minimum atomic E-state index is 0.652. The number of hydrogen-bond donors (Lipinski definition) is 2. The van der Waals surface area contributed by atoms with Crippen molar-refractivity contribution in [2.75, 3.05) is 22.9 Å². The molecule has 0 spiro atoms. The second-order valence-corrected chi connectivity index (χ2v) is 5.11. The van der Waals surface area contributed by atoms with Crippen molar-refractivity contribution in [2.45, 2.75) is 19.4 Å². The molecule has 0 unspecified atom stereocenters. The van der Waals surface area contributed by atoms with Gasteiger partial charge in [-0.25, -0.2) is 0 Å². The van der Waals surface area contributed by atoms with Gasteiger partial charge in [0.25, 0.3) is 0 Å². The van der Waals surface area contributed by atoms with Crippen LogP contribution in [0.15, 0.2) is 42.5 Å². The summed E-state index contributed by atoms with van der Waals surface area (Å²) in [5.74, 6) is 0. The Morgan fingerprint density at radius 1 is 0.895 bits per heavy atom. The molecular formula is C16H19N3. The van der Waals surface area contributed by atoms with Crippen molar-refractivity contribution in [3.63, 3.8) is 0 Å². The van der Waals surface area contributed by atoms with E-state index in [9.17, 15) is 0 Å². The van der Waals surface area contributed by atoms with E-state index in [1.165, 1.54) is 17.5 Å². The van der Waals surface area contributed by atoms with E-state index in [2.05, 4.69) is 35.2 Å².